The molecule has 0 radical (unpaired) electrons. The van der Waals surface area contributed by atoms with E-state index in [-0.39, 0.29) is 13.4 Å². The van der Waals surface area contributed by atoms with Crippen LogP contribution in [-0.4, -0.2) is 24.6 Å². The molecule has 0 saturated heterocycles. The molecule has 0 spiro atoms. The van der Waals surface area contributed by atoms with Gasteiger partial charge in [-0.15, -0.1) is 6.58 Å². The van der Waals surface area contributed by atoms with Crippen molar-refractivity contribution in [3.8, 4) is 17.2 Å². The van der Waals surface area contributed by atoms with E-state index in [0.717, 1.165) is 6.42 Å². The number of fused-ring (bicyclic) bond motifs is 1. The molecule has 1 aromatic carbocycles. The molecule has 1 unspecified atom stereocenters. The highest BCUT2D eigenvalue weighted by Gasteiger charge is 2.17. The molecule has 2 rings (SSSR count). The molecule has 1 atom stereocenters. The second-order valence-electron chi connectivity index (χ2n) is 4.07. The van der Waals surface area contributed by atoms with Crippen LogP contribution in [0.2, 0.25) is 0 Å². The van der Waals surface area contributed by atoms with Crippen molar-refractivity contribution in [3.63, 3.8) is 0 Å². The largest absolute Gasteiger partial charge is 0.489 e. The van der Waals surface area contributed by atoms with Crippen molar-refractivity contribution in [3.05, 3.63) is 24.8 Å². The van der Waals surface area contributed by atoms with Crippen LogP contribution in [0, 0.1) is 0 Å². The molecular weight excluding hydrogens is 234 g/mol. The van der Waals surface area contributed by atoms with E-state index in [9.17, 15) is 5.11 Å². The van der Waals surface area contributed by atoms with Gasteiger partial charge in [-0.3, -0.25) is 0 Å². The third-order valence-electron chi connectivity index (χ3n) is 2.64. The zero-order valence-electron chi connectivity index (χ0n) is 10.1. The molecule has 0 fully saturated rings. The maximum Gasteiger partial charge on any atom is 0.231 e. The molecule has 18 heavy (non-hydrogen) atoms. The summed E-state index contributed by atoms with van der Waals surface area (Å²) in [7, 11) is 0. The summed E-state index contributed by atoms with van der Waals surface area (Å²) in [5.74, 6) is 1.73. The van der Waals surface area contributed by atoms with Crippen LogP contribution in [0.4, 0.5) is 5.69 Å². The van der Waals surface area contributed by atoms with Crippen molar-refractivity contribution in [2.24, 2.45) is 0 Å². The zero-order valence-corrected chi connectivity index (χ0v) is 10.1. The number of anilines is 1. The molecule has 1 aromatic rings. The number of ether oxygens (including phenoxy) is 3. The molecule has 5 heteroatoms. The van der Waals surface area contributed by atoms with Crippen LogP contribution in [-0.2, 0) is 0 Å². The van der Waals surface area contributed by atoms with E-state index >= 15 is 0 Å². The Hall–Kier alpha value is -1.88. The van der Waals surface area contributed by atoms with Gasteiger partial charge in [0.15, 0.2) is 11.5 Å². The number of aliphatic hydroxyl groups excluding tert-OH is 1. The highest BCUT2D eigenvalue weighted by atomic mass is 16.7. The average Bonchev–Trinajstić information content (AvgIpc) is 2.80. The minimum absolute atomic E-state index is 0.192. The zero-order chi connectivity index (χ0) is 13.0. The number of hydrogen-bond donors (Lipinski definition) is 2. The Balaban J connectivity index is 1.95. The van der Waals surface area contributed by atoms with E-state index in [2.05, 4.69) is 6.58 Å². The number of rotatable bonds is 6. The molecule has 0 bridgehead atoms. The molecule has 3 N–H and O–H groups in total. The molecule has 0 saturated carbocycles. The monoisotopic (exact) mass is 251 g/mol. The normalized spacial score (nSPS) is 14.3. The topological polar surface area (TPSA) is 73.9 Å². The van der Waals surface area contributed by atoms with Crippen LogP contribution in [0.15, 0.2) is 24.8 Å². The standard InChI is InChI=1S/C13H17NO4/c1-2-3-4-9(15)7-16-11-6-13-12(5-10(11)14)17-8-18-13/h2,5-6,9,15H,1,3-4,7-8,14H2. The van der Waals surface area contributed by atoms with E-state index in [0.29, 0.717) is 29.4 Å². The molecule has 5 nitrogen and oxygen atoms in total. The maximum atomic E-state index is 9.66. The minimum Gasteiger partial charge on any atom is -0.489 e. The summed E-state index contributed by atoms with van der Waals surface area (Å²) >= 11 is 0. The number of allylic oxidation sites excluding steroid dienone is 1. The van der Waals surface area contributed by atoms with Gasteiger partial charge in [-0.25, -0.2) is 0 Å². The number of hydrogen-bond acceptors (Lipinski definition) is 5. The van der Waals surface area contributed by atoms with Gasteiger partial charge in [0.2, 0.25) is 6.79 Å². The fourth-order valence-electron chi connectivity index (χ4n) is 1.64. The molecule has 1 aliphatic heterocycles. The van der Waals surface area contributed by atoms with Gasteiger partial charge in [0.05, 0.1) is 11.8 Å². The lowest BCUT2D eigenvalue weighted by Gasteiger charge is -2.13. The van der Waals surface area contributed by atoms with Crippen molar-refractivity contribution < 1.29 is 19.3 Å². The Bertz CT molecular complexity index is 433. The predicted molar refractivity (Wildman–Crippen MR) is 67.9 cm³/mol. The minimum atomic E-state index is -0.534. The molecule has 0 aliphatic carbocycles. The van der Waals surface area contributed by atoms with Gasteiger partial charge in [-0.2, -0.15) is 0 Å². The van der Waals surface area contributed by atoms with E-state index in [1.54, 1.807) is 18.2 Å². The molecule has 1 heterocycles. The van der Waals surface area contributed by atoms with Gasteiger partial charge in [0.1, 0.15) is 12.4 Å². The van der Waals surface area contributed by atoms with Gasteiger partial charge in [0, 0.05) is 12.1 Å². The molecule has 98 valence electrons. The van der Waals surface area contributed by atoms with Crippen LogP contribution in [0.5, 0.6) is 17.2 Å². The Morgan fingerprint density at radius 2 is 2.17 bits per heavy atom. The Morgan fingerprint density at radius 3 is 2.89 bits per heavy atom. The number of nitrogen functional groups attached to an aromatic ring is 1. The number of aliphatic hydroxyl groups is 1. The van der Waals surface area contributed by atoms with Gasteiger partial charge < -0.3 is 25.1 Å². The summed E-state index contributed by atoms with van der Waals surface area (Å²) in [6, 6.07) is 3.34. The first-order chi connectivity index (χ1) is 8.70. The summed E-state index contributed by atoms with van der Waals surface area (Å²) in [5, 5.41) is 9.66. The maximum absolute atomic E-state index is 9.66. The van der Waals surface area contributed by atoms with Crippen LogP contribution in [0.25, 0.3) is 0 Å². The summed E-state index contributed by atoms with van der Waals surface area (Å²) in [6.45, 7) is 3.99. The second-order valence-corrected chi connectivity index (χ2v) is 4.07. The quantitative estimate of drug-likeness (QED) is 0.594. The summed E-state index contributed by atoms with van der Waals surface area (Å²) in [4.78, 5) is 0. The Labute approximate surface area is 106 Å². The van der Waals surface area contributed by atoms with Crippen LogP contribution >= 0.6 is 0 Å². The summed E-state index contributed by atoms with van der Waals surface area (Å²) in [6.07, 6.45) is 2.60. The first-order valence-corrected chi connectivity index (χ1v) is 5.81. The Morgan fingerprint density at radius 1 is 1.44 bits per heavy atom. The highest BCUT2D eigenvalue weighted by Crippen LogP contribution is 2.39. The van der Waals surface area contributed by atoms with Crippen molar-refractivity contribution in [2.45, 2.75) is 18.9 Å². The number of nitrogens with two attached hydrogens (primary N) is 1. The first kappa shape index (κ1) is 12.6. The number of benzene rings is 1. The van der Waals surface area contributed by atoms with Gasteiger partial charge in [-0.1, -0.05) is 6.08 Å². The van der Waals surface area contributed by atoms with E-state index in [1.165, 1.54) is 0 Å². The predicted octanol–water partition coefficient (Wildman–Crippen LogP) is 1.70. The molecular formula is C13H17NO4. The summed E-state index contributed by atoms with van der Waals surface area (Å²) in [5.41, 5.74) is 6.29. The summed E-state index contributed by atoms with van der Waals surface area (Å²) < 4.78 is 15.9. The van der Waals surface area contributed by atoms with Crippen molar-refractivity contribution in [2.75, 3.05) is 19.1 Å². The third-order valence-corrected chi connectivity index (χ3v) is 2.64. The van der Waals surface area contributed by atoms with Gasteiger partial charge in [-0.05, 0) is 12.8 Å². The lowest BCUT2D eigenvalue weighted by atomic mass is 10.2. The van der Waals surface area contributed by atoms with Crippen LogP contribution in [0.1, 0.15) is 12.8 Å². The average molecular weight is 251 g/mol. The smallest absolute Gasteiger partial charge is 0.231 e. The SMILES string of the molecule is C=CCCC(O)COc1cc2c(cc1N)OCO2. The van der Waals surface area contributed by atoms with Crippen LogP contribution in [0.3, 0.4) is 0 Å². The van der Waals surface area contributed by atoms with E-state index < -0.39 is 6.10 Å². The van der Waals surface area contributed by atoms with Crippen molar-refractivity contribution in [1.29, 1.82) is 0 Å². The Kier molecular flexibility index (Phi) is 3.94. The van der Waals surface area contributed by atoms with Gasteiger partial charge in [0.25, 0.3) is 0 Å². The highest BCUT2D eigenvalue weighted by molar-refractivity contribution is 5.62. The second kappa shape index (κ2) is 5.64. The van der Waals surface area contributed by atoms with Crippen LogP contribution < -0.4 is 19.9 Å². The molecule has 0 aromatic heterocycles. The first-order valence-electron chi connectivity index (χ1n) is 5.81. The lowest BCUT2D eigenvalue weighted by Crippen LogP contribution is -2.17. The van der Waals surface area contributed by atoms with Crippen molar-refractivity contribution in [1.82, 2.24) is 0 Å². The lowest BCUT2D eigenvalue weighted by molar-refractivity contribution is 0.101. The molecule has 1 aliphatic rings. The fourth-order valence-corrected chi connectivity index (χ4v) is 1.64. The fraction of sp³-hybridized carbons (Fsp3) is 0.385. The van der Waals surface area contributed by atoms with E-state index in [4.69, 9.17) is 19.9 Å². The van der Waals surface area contributed by atoms with Crippen molar-refractivity contribution >= 4 is 5.69 Å². The van der Waals surface area contributed by atoms with Gasteiger partial charge >= 0.3 is 0 Å². The molecule has 0 amide bonds. The van der Waals surface area contributed by atoms with E-state index in [1.807, 2.05) is 0 Å². The third kappa shape index (κ3) is 2.87.